The fourth-order valence-corrected chi connectivity index (χ4v) is 0.672. The molecule has 1 fully saturated rings. The summed E-state index contributed by atoms with van der Waals surface area (Å²) in [5, 5.41) is 8.08. The van der Waals surface area contributed by atoms with Crippen LogP contribution in [0.2, 0.25) is 0 Å². The molecule has 0 saturated carbocycles. The Morgan fingerprint density at radius 3 is 3.00 bits per heavy atom. The highest BCUT2D eigenvalue weighted by Gasteiger charge is 2.16. The Morgan fingerprint density at radius 1 is 1.78 bits per heavy atom. The quantitative estimate of drug-likeness (QED) is 0.420. The second-order valence-corrected chi connectivity index (χ2v) is 1.73. The van der Waals surface area contributed by atoms with Crippen LogP contribution in [0.3, 0.4) is 0 Å². The Bertz CT molecular complexity index is 110. The molecule has 0 radical (unpaired) electrons. The van der Waals surface area contributed by atoms with Crippen LogP contribution >= 0.6 is 0 Å². The number of hydrogen-bond acceptors (Lipinski definition) is 4. The first-order chi connectivity index (χ1) is 4.29. The third kappa shape index (κ3) is 1.87. The van der Waals surface area contributed by atoms with Gasteiger partial charge in [-0.2, -0.15) is 0 Å². The first-order valence-electron chi connectivity index (χ1n) is 2.67. The van der Waals surface area contributed by atoms with Crippen molar-refractivity contribution in [3.8, 4) is 0 Å². The molecule has 1 aliphatic rings. The summed E-state index contributed by atoms with van der Waals surface area (Å²) < 4.78 is 4.35. The van der Waals surface area contributed by atoms with Crippen LogP contribution in [0.4, 0.5) is 4.79 Å². The maximum Gasteiger partial charge on any atom is 0.507 e. The predicted molar refractivity (Wildman–Crippen MR) is 28.7 cm³/mol. The molecule has 1 saturated heterocycles. The molecule has 9 heavy (non-hydrogen) atoms. The number of hydrogen-bond donors (Lipinski definition) is 3. The second-order valence-electron chi connectivity index (χ2n) is 1.73. The van der Waals surface area contributed by atoms with Gasteiger partial charge in [0.05, 0.1) is 0 Å². The minimum absolute atomic E-state index is 0.373. The minimum Gasteiger partial charge on any atom is -0.450 e. The third-order valence-corrected chi connectivity index (χ3v) is 1.04. The fourth-order valence-electron chi connectivity index (χ4n) is 0.672. The third-order valence-electron chi connectivity index (χ3n) is 1.04. The summed E-state index contributed by atoms with van der Waals surface area (Å²) in [6, 6.07) is 0. The van der Waals surface area contributed by atoms with Crippen molar-refractivity contribution >= 4 is 6.16 Å². The van der Waals surface area contributed by atoms with Crippen molar-refractivity contribution < 1.29 is 14.6 Å². The molecular weight excluding hydrogens is 124 g/mol. The van der Waals surface area contributed by atoms with Gasteiger partial charge in [0.15, 0.2) is 6.23 Å². The zero-order valence-electron chi connectivity index (χ0n) is 4.76. The molecule has 0 spiro atoms. The normalized spacial score (nSPS) is 26.0. The van der Waals surface area contributed by atoms with Gasteiger partial charge in [-0.25, -0.2) is 10.2 Å². The Kier molecular flexibility index (Phi) is 1.86. The van der Waals surface area contributed by atoms with Crippen molar-refractivity contribution in [2.45, 2.75) is 12.6 Å². The fraction of sp³-hybridized carbons (Fsp3) is 0.750. The van der Waals surface area contributed by atoms with Crippen LogP contribution in [-0.2, 0) is 4.74 Å². The monoisotopic (exact) mass is 132 g/mol. The average Bonchev–Trinajstić information content (AvgIpc) is 2.15. The summed E-state index contributed by atoms with van der Waals surface area (Å²) in [6.45, 7) is 0.748. The molecule has 0 aromatic carbocycles. The zero-order chi connectivity index (χ0) is 6.69. The van der Waals surface area contributed by atoms with E-state index in [-0.39, 0.29) is 6.23 Å². The highest BCUT2D eigenvalue weighted by Crippen LogP contribution is 1.96. The molecule has 52 valence electrons. The van der Waals surface area contributed by atoms with Crippen LogP contribution in [0.25, 0.3) is 0 Å². The van der Waals surface area contributed by atoms with E-state index in [0.29, 0.717) is 6.42 Å². The summed E-state index contributed by atoms with van der Waals surface area (Å²) >= 11 is 0. The largest absolute Gasteiger partial charge is 0.507 e. The van der Waals surface area contributed by atoms with Gasteiger partial charge in [0.2, 0.25) is 0 Å². The predicted octanol–water partition coefficient (Wildman–Crippen LogP) is -0.495. The highest BCUT2D eigenvalue weighted by molar-refractivity contribution is 5.57. The van der Waals surface area contributed by atoms with E-state index in [4.69, 9.17) is 5.11 Å². The van der Waals surface area contributed by atoms with E-state index >= 15 is 0 Å². The molecular formula is C4H8N2O3. The Hall–Kier alpha value is -0.810. The number of carboxylic acid groups (broad SMARTS) is 1. The summed E-state index contributed by atoms with van der Waals surface area (Å²) in [5.74, 6) is 0. The van der Waals surface area contributed by atoms with Crippen molar-refractivity contribution in [1.82, 2.24) is 10.9 Å². The topological polar surface area (TPSA) is 70.6 Å². The molecule has 3 N–H and O–H groups in total. The Labute approximate surface area is 52.0 Å². The zero-order valence-corrected chi connectivity index (χ0v) is 4.76. The van der Waals surface area contributed by atoms with E-state index in [1.54, 1.807) is 0 Å². The van der Waals surface area contributed by atoms with Gasteiger partial charge < -0.3 is 9.84 Å². The van der Waals surface area contributed by atoms with Crippen LogP contribution in [0.1, 0.15) is 6.42 Å². The van der Waals surface area contributed by atoms with Gasteiger partial charge in [-0.3, -0.25) is 5.43 Å². The van der Waals surface area contributed by atoms with Crippen molar-refractivity contribution in [2.24, 2.45) is 0 Å². The lowest BCUT2D eigenvalue weighted by atomic mass is 10.4. The number of rotatable bonds is 1. The van der Waals surface area contributed by atoms with Crippen LogP contribution < -0.4 is 10.9 Å². The smallest absolute Gasteiger partial charge is 0.450 e. The first kappa shape index (κ1) is 6.31. The number of nitrogens with one attached hydrogen (secondary N) is 2. The molecule has 1 heterocycles. The summed E-state index contributed by atoms with van der Waals surface area (Å²) in [4.78, 5) is 9.87. The van der Waals surface area contributed by atoms with E-state index < -0.39 is 6.16 Å². The van der Waals surface area contributed by atoms with E-state index in [1.807, 2.05) is 0 Å². The van der Waals surface area contributed by atoms with E-state index in [2.05, 4.69) is 15.6 Å². The summed E-state index contributed by atoms with van der Waals surface area (Å²) in [6.07, 6.45) is -0.926. The maximum absolute atomic E-state index is 9.87. The van der Waals surface area contributed by atoms with E-state index in [0.717, 1.165) is 6.54 Å². The van der Waals surface area contributed by atoms with E-state index in [9.17, 15) is 4.79 Å². The average molecular weight is 132 g/mol. The van der Waals surface area contributed by atoms with Crippen LogP contribution in [0.15, 0.2) is 0 Å². The van der Waals surface area contributed by atoms with E-state index in [1.165, 1.54) is 0 Å². The van der Waals surface area contributed by atoms with Gasteiger partial charge in [-0.05, 0) is 0 Å². The molecule has 1 aliphatic heterocycles. The number of carbonyl (C=O) groups is 1. The van der Waals surface area contributed by atoms with Crippen LogP contribution in [0.5, 0.6) is 0 Å². The van der Waals surface area contributed by atoms with Gasteiger partial charge in [0.1, 0.15) is 0 Å². The van der Waals surface area contributed by atoms with Crippen molar-refractivity contribution in [2.75, 3.05) is 6.54 Å². The number of ether oxygens (including phenoxy) is 1. The maximum atomic E-state index is 9.87. The SMILES string of the molecule is O=C(O)OC1CCNN1. The number of hydrazine groups is 1. The summed E-state index contributed by atoms with van der Waals surface area (Å²) in [5.41, 5.74) is 5.37. The molecule has 0 aromatic heterocycles. The molecule has 0 bridgehead atoms. The standard InChI is InChI=1S/C4H8N2O3/c7-4(8)9-3-1-2-5-6-3/h3,5-6H,1-2H2,(H,7,8). The van der Waals surface area contributed by atoms with Crippen molar-refractivity contribution in [1.29, 1.82) is 0 Å². The molecule has 5 nitrogen and oxygen atoms in total. The molecule has 5 heteroatoms. The van der Waals surface area contributed by atoms with Gasteiger partial charge in [0, 0.05) is 13.0 Å². The lowest BCUT2D eigenvalue weighted by Crippen LogP contribution is -2.33. The molecule has 0 amide bonds. The summed E-state index contributed by atoms with van der Waals surface area (Å²) in [7, 11) is 0. The molecule has 0 aromatic rings. The van der Waals surface area contributed by atoms with Crippen LogP contribution in [-0.4, -0.2) is 24.0 Å². The van der Waals surface area contributed by atoms with Gasteiger partial charge in [0.25, 0.3) is 0 Å². The Morgan fingerprint density at radius 2 is 2.56 bits per heavy atom. The second kappa shape index (κ2) is 2.65. The van der Waals surface area contributed by atoms with Crippen LogP contribution in [0, 0.1) is 0 Å². The molecule has 1 rings (SSSR count). The van der Waals surface area contributed by atoms with Crippen molar-refractivity contribution in [3.05, 3.63) is 0 Å². The van der Waals surface area contributed by atoms with Gasteiger partial charge in [-0.1, -0.05) is 0 Å². The first-order valence-corrected chi connectivity index (χ1v) is 2.67. The molecule has 1 unspecified atom stereocenters. The lowest BCUT2D eigenvalue weighted by molar-refractivity contribution is 0.0434. The van der Waals surface area contributed by atoms with Gasteiger partial charge >= 0.3 is 6.16 Å². The Balaban J connectivity index is 2.19. The molecule has 0 aliphatic carbocycles. The minimum atomic E-state index is -1.24. The lowest BCUT2D eigenvalue weighted by Gasteiger charge is -2.05. The highest BCUT2D eigenvalue weighted by atomic mass is 16.7. The van der Waals surface area contributed by atoms with Gasteiger partial charge in [-0.15, -0.1) is 0 Å². The molecule has 1 atom stereocenters. The van der Waals surface area contributed by atoms with Crippen molar-refractivity contribution in [3.63, 3.8) is 0 Å².